The predicted molar refractivity (Wildman–Crippen MR) is 132 cm³/mol. The lowest BCUT2D eigenvalue weighted by Crippen LogP contribution is -2.49. The molecule has 0 aromatic heterocycles. The van der Waals surface area contributed by atoms with E-state index < -0.39 is 11.5 Å². The number of amides is 4. The molecule has 3 aliphatic rings. The second-order valence-electron chi connectivity index (χ2n) is 9.62. The average molecular weight is 491 g/mol. The fraction of sp³-hybridized carbons (Fsp3) is 0.407. The number of likely N-dealkylation sites (tertiary alicyclic amines) is 1. The van der Waals surface area contributed by atoms with Gasteiger partial charge in [-0.05, 0) is 42.2 Å². The van der Waals surface area contributed by atoms with Gasteiger partial charge in [0.1, 0.15) is 17.7 Å². The Morgan fingerprint density at radius 3 is 2.72 bits per heavy atom. The molecule has 0 aliphatic carbocycles. The molecule has 2 aromatic carbocycles. The molecule has 9 nitrogen and oxygen atoms in total. The fourth-order valence-electron chi connectivity index (χ4n) is 5.72. The van der Waals surface area contributed by atoms with E-state index >= 15 is 0 Å². The summed E-state index contributed by atoms with van der Waals surface area (Å²) in [6.07, 6.45) is 1.05. The maximum absolute atomic E-state index is 14.3. The summed E-state index contributed by atoms with van der Waals surface area (Å²) in [4.78, 5) is 57.2. The van der Waals surface area contributed by atoms with Crippen molar-refractivity contribution in [2.24, 2.45) is 0 Å². The number of carbonyl (C=O) groups excluding carboxylic acids is 4. The molecular weight excluding hydrogens is 460 g/mol. The molecule has 1 spiro atoms. The Morgan fingerprint density at radius 1 is 1.11 bits per heavy atom. The van der Waals surface area contributed by atoms with E-state index in [4.69, 9.17) is 4.74 Å². The highest BCUT2D eigenvalue weighted by Crippen LogP contribution is 2.56. The van der Waals surface area contributed by atoms with E-state index in [1.54, 1.807) is 21.7 Å². The highest BCUT2D eigenvalue weighted by molar-refractivity contribution is 6.12. The Bertz CT molecular complexity index is 1230. The van der Waals surface area contributed by atoms with Crippen LogP contribution in [0.25, 0.3) is 0 Å². The van der Waals surface area contributed by atoms with Crippen LogP contribution in [-0.4, -0.2) is 73.3 Å². The second-order valence-corrected chi connectivity index (χ2v) is 9.62. The lowest BCUT2D eigenvalue weighted by molar-refractivity contribution is -0.135. The number of likely N-dealkylation sites (N-methyl/N-ethyl adjacent to an activating group) is 1. The first-order chi connectivity index (χ1) is 17.3. The van der Waals surface area contributed by atoms with Gasteiger partial charge in [0.05, 0.1) is 19.2 Å². The number of hydrogen-bond acceptors (Lipinski definition) is 5. The van der Waals surface area contributed by atoms with Gasteiger partial charge in [0.15, 0.2) is 0 Å². The largest absolute Gasteiger partial charge is 0.494 e. The molecule has 3 aliphatic heterocycles. The average Bonchev–Trinajstić information content (AvgIpc) is 3.38. The van der Waals surface area contributed by atoms with Crippen molar-refractivity contribution in [2.75, 3.05) is 44.7 Å². The van der Waals surface area contributed by atoms with Gasteiger partial charge in [-0.2, -0.15) is 0 Å². The minimum absolute atomic E-state index is 0.0679. The van der Waals surface area contributed by atoms with Crippen LogP contribution < -0.4 is 15.0 Å². The molecule has 0 saturated carbocycles. The molecule has 5 rings (SSSR count). The molecule has 0 unspecified atom stereocenters. The van der Waals surface area contributed by atoms with Crippen molar-refractivity contribution >= 4 is 29.3 Å². The summed E-state index contributed by atoms with van der Waals surface area (Å²) in [5.41, 5.74) is 1.25. The zero-order chi connectivity index (χ0) is 25.4. The Labute approximate surface area is 210 Å². The summed E-state index contributed by atoms with van der Waals surface area (Å²) < 4.78 is 5.98. The lowest BCUT2D eigenvalue weighted by atomic mass is 9.72. The van der Waals surface area contributed by atoms with Gasteiger partial charge in [-0.1, -0.05) is 30.3 Å². The van der Waals surface area contributed by atoms with Crippen LogP contribution in [0, 0.1) is 0 Å². The van der Waals surface area contributed by atoms with Gasteiger partial charge in [0.25, 0.3) is 0 Å². The monoisotopic (exact) mass is 490 g/mol. The summed E-state index contributed by atoms with van der Waals surface area (Å²) in [5.74, 6) is -0.258. The number of hydrogen-bond donors (Lipinski definition) is 1. The topological polar surface area (TPSA) is 99.3 Å². The van der Waals surface area contributed by atoms with E-state index in [0.29, 0.717) is 44.0 Å². The summed E-state index contributed by atoms with van der Waals surface area (Å²) in [6, 6.07) is 14.5. The maximum Gasteiger partial charge on any atom is 0.242 e. The van der Waals surface area contributed by atoms with Crippen LogP contribution in [0.1, 0.15) is 36.9 Å². The van der Waals surface area contributed by atoms with Gasteiger partial charge in [0, 0.05) is 32.7 Å². The summed E-state index contributed by atoms with van der Waals surface area (Å²) in [7, 11) is 1.73. The number of benzene rings is 2. The van der Waals surface area contributed by atoms with Crippen molar-refractivity contribution in [2.45, 2.75) is 31.2 Å². The number of ether oxygens (including phenoxy) is 1. The molecule has 1 saturated heterocycles. The van der Waals surface area contributed by atoms with Gasteiger partial charge < -0.3 is 24.8 Å². The Morgan fingerprint density at radius 2 is 1.92 bits per heavy atom. The second kappa shape index (κ2) is 9.29. The van der Waals surface area contributed by atoms with Crippen LogP contribution >= 0.6 is 0 Å². The summed E-state index contributed by atoms with van der Waals surface area (Å²) in [6.45, 7) is 2.44. The molecule has 188 valence electrons. The smallest absolute Gasteiger partial charge is 0.242 e. The van der Waals surface area contributed by atoms with Crippen LogP contribution in [0.4, 0.5) is 5.69 Å². The SMILES string of the molecule is CC(=O)NCC(=O)N1CC[C@]23C(=O)N(CC(=O)N(C)CCCOc4cccc(c4)[C@H]12)c1ccccc13. The lowest BCUT2D eigenvalue weighted by Gasteiger charge is -2.35. The quantitative estimate of drug-likeness (QED) is 0.690. The molecule has 9 heteroatoms. The van der Waals surface area contributed by atoms with E-state index in [-0.39, 0.29) is 36.7 Å². The normalized spacial score (nSPS) is 23.5. The van der Waals surface area contributed by atoms with Crippen molar-refractivity contribution in [1.29, 1.82) is 0 Å². The molecule has 4 amide bonds. The molecule has 1 fully saturated rings. The standard InChI is InChI=1S/C27H30N4O5/c1-18(32)28-16-23(33)30-13-11-27-21-9-3-4-10-22(21)31(26(27)35)17-24(34)29(2)12-6-14-36-20-8-5-7-19(15-20)25(27)30/h3-5,7-10,15,25H,6,11-14,16-17H2,1-2H3,(H,28,32)/t25-,27+/m0/s1. The molecular formula is C27H30N4O5. The van der Waals surface area contributed by atoms with Crippen molar-refractivity contribution in [3.8, 4) is 5.75 Å². The van der Waals surface area contributed by atoms with Crippen molar-refractivity contribution in [3.63, 3.8) is 0 Å². The Hall–Kier alpha value is -3.88. The summed E-state index contributed by atoms with van der Waals surface area (Å²) >= 11 is 0. The third kappa shape index (κ3) is 3.88. The van der Waals surface area contributed by atoms with Gasteiger partial charge in [-0.3, -0.25) is 19.2 Å². The van der Waals surface area contributed by atoms with Crippen LogP contribution in [0.5, 0.6) is 5.75 Å². The number of nitrogens with zero attached hydrogens (tertiary/aromatic N) is 3. The zero-order valence-corrected chi connectivity index (χ0v) is 20.5. The first-order valence-corrected chi connectivity index (χ1v) is 12.2. The van der Waals surface area contributed by atoms with Crippen LogP contribution in [0.15, 0.2) is 48.5 Å². The molecule has 2 aromatic rings. The highest BCUT2D eigenvalue weighted by atomic mass is 16.5. The van der Waals surface area contributed by atoms with Crippen molar-refractivity contribution < 1.29 is 23.9 Å². The minimum Gasteiger partial charge on any atom is -0.494 e. The minimum atomic E-state index is -1.05. The molecule has 36 heavy (non-hydrogen) atoms. The number of anilines is 1. The predicted octanol–water partition coefficient (Wildman–Crippen LogP) is 1.62. The van der Waals surface area contributed by atoms with Gasteiger partial charge >= 0.3 is 0 Å². The van der Waals surface area contributed by atoms with E-state index in [0.717, 1.165) is 11.1 Å². The number of nitrogens with one attached hydrogen (secondary N) is 1. The Balaban J connectivity index is 1.67. The zero-order valence-electron chi connectivity index (χ0n) is 20.5. The number of rotatable bonds is 2. The van der Waals surface area contributed by atoms with Crippen LogP contribution in [0.3, 0.4) is 0 Å². The third-order valence-corrected chi connectivity index (χ3v) is 7.44. The van der Waals surface area contributed by atoms with Gasteiger partial charge in [-0.15, -0.1) is 0 Å². The van der Waals surface area contributed by atoms with E-state index in [9.17, 15) is 19.2 Å². The molecule has 1 N–H and O–H groups in total. The molecule has 0 radical (unpaired) electrons. The molecule has 4 bridgehead atoms. The number of fused-ring (bicyclic) bond motifs is 6. The van der Waals surface area contributed by atoms with Crippen molar-refractivity contribution in [3.05, 3.63) is 59.7 Å². The van der Waals surface area contributed by atoms with Crippen molar-refractivity contribution in [1.82, 2.24) is 15.1 Å². The number of carbonyl (C=O) groups is 4. The maximum atomic E-state index is 14.3. The van der Waals surface area contributed by atoms with E-state index in [1.165, 1.54) is 6.92 Å². The third-order valence-electron chi connectivity index (χ3n) is 7.44. The first-order valence-electron chi connectivity index (χ1n) is 12.2. The Kier molecular flexibility index (Phi) is 6.15. The van der Waals surface area contributed by atoms with Gasteiger partial charge in [-0.25, -0.2) is 0 Å². The fourth-order valence-corrected chi connectivity index (χ4v) is 5.72. The first kappa shape index (κ1) is 23.8. The van der Waals surface area contributed by atoms with Gasteiger partial charge in [0.2, 0.25) is 23.6 Å². The van der Waals surface area contributed by atoms with E-state index in [2.05, 4.69) is 5.32 Å². The molecule has 3 heterocycles. The van der Waals surface area contributed by atoms with Crippen LogP contribution in [-0.2, 0) is 24.6 Å². The van der Waals surface area contributed by atoms with Crippen LogP contribution in [0.2, 0.25) is 0 Å². The van der Waals surface area contributed by atoms with E-state index in [1.807, 2.05) is 48.5 Å². The molecule has 2 atom stereocenters. The summed E-state index contributed by atoms with van der Waals surface area (Å²) in [5, 5.41) is 2.59. The number of para-hydroxylation sites is 1. The highest BCUT2D eigenvalue weighted by Gasteiger charge is 2.61.